The molecule has 0 aliphatic carbocycles. The summed E-state index contributed by atoms with van der Waals surface area (Å²) in [7, 11) is 0. The van der Waals surface area contributed by atoms with Gasteiger partial charge in [-0.05, 0) is 18.5 Å². The zero-order chi connectivity index (χ0) is 15.1. The zero-order valence-corrected chi connectivity index (χ0v) is 12.6. The van der Waals surface area contributed by atoms with Gasteiger partial charge in [0.1, 0.15) is 6.26 Å². The summed E-state index contributed by atoms with van der Waals surface area (Å²) in [5, 5.41) is 13.4. The Labute approximate surface area is 127 Å². The van der Waals surface area contributed by atoms with Crippen LogP contribution in [0.3, 0.4) is 0 Å². The molecular formula is C15H18N2O3S. The van der Waals surface area contributed by atoms with E-state index in [1.54, 1.807) is 6.20 Å². The Morgan fingerprint density at radius 1 is 1.43 bits per heavy atom. The first-order valence-electron chi connectivity index (χ1n) is 6.75. The molecule has 6 heteroatoms. The van der Waals surface area contributed by atoms with Gasteiger partial charge in [-0.2, -0.15) is 0 Å². The topological polar surface area (TPSA) is 75.4 Å². The lowest BCUT2D eigenvalue weighted by Gasteiger charge is -2.30. The smallest absolute Gasteiger partial charge is 0.329 e. The van der Waals surface area contributed by atoms with Crippen molar-refractivity contribution in [2.45, 2.75) is 24.1 Å². The van der Waals surface area contributed by atoms with Crippen molar-refractivity contribution in [3.8, 4) is 0 Å². The summed E-state index contributed by atoms with van der Waals surface area (Å²) in [6.07, 6.45) is 3.88. The Balaban J connectivity index is 2.28. The van der Waals surface area contributed by atoms with Crippen LogP contribution in [0.2, 0.25) is 0 Å². The van der Waals surface area contributed by atoms with E-state index in [1.807, 2.05) is 37.3 Å². The third-order valence-electron chi connectivity index (χ3n) is 3.13. The van der Waals surface area contributed by atoms with Crippen LogP contribution < -0.4 is 5.32 Å². The molecule has 1 atom stereocenters. The molecule has 0 saturated carbocycles. The number of nitrogens with one attached hydrogen (secondary N) is 1. The second-order valence-corrected chi connectivity index (χ2v) is 5.52. The quantitative estimate of drug-likeness (QED) is 0.730. The first kappa shape index (κ1) is 15.6. The number of carboxylic acids is 1. The predicted octanol–water partition coefficient (Wildman–Crippen LogP) is 2.75. The molecule has 112 valence electrons. The van der Waals surface area contributed by atoms with Gasteiger partial charge in [-0.3, -0.25) is 5.32 Å². The van der Waals surface area contributed by atoms with E-state index in [-0.39, 0.29) is 0 Å². The highest BCUT2D eigenvalue weighted by atomic mass is 32.2. The molecule has 1 aromatic heterocycles. The number of aromatic nitrogens is 1. The van der Waals surface area contributed by atoms with E-state index in [9.17, 15) is 9.90 Å². The van der Waals surface area contributed by atoms with E-state index in [1.165, 1.54) is 18.0 Å². The van der Waals surface area contributed by atoms with Gasteiger partial charge in [-0.15, -0.1) is 0 Å². The van der Waals surface area contributed by atoms with Crippen LogP contribution in [0, 0.1) is 0 Å². The lowest BCUT2D eigenvalue weighted by Crippen LogP contribution is -2.51. The molecule has 1 aromatic carbocycles. The van der Waals surface area contributed by atoms with Gasteiger partial charge in [-0.1, -0.05) is 49.0 Å². The maximum absolute atomic E-state index is 12.0. The van der Waals surface area contributed by atoms with Gasteiger partial charge < -0.3 is 9.52 Å². The van der Waals surface area contributed by atoms with Crippen LogP contribution in [0.1, 0.15) is 18.9 Å². The highest BCUT2D eigenvalue weighted by Crippen LogP contribution is 2.29. The highest BCUT2D eigenvalue weighted by molar-refractivity contribution is 7.99. The lowest BCUT2D eigenvalue weighted by atomic mass is 9.91. The van der Waals surface area contributed by atoms with E-state index in [0.717, 1.165) is 12.0 Å². The molecule has 2 rings (SSSR count). The number of hydrogen-bond donors (Lipinski definition) is 2. The maximum Gasteiger partial charge on any atom is 0.329 e. The van der Waals surface area contributed by atoms with Crippen molar-refractivity contribution < 1.29 is 14.3 Å². The molecule has 5 nitrogen and oxygen atoms in total. The fourth-order valence-electron chi connectivity index (χ4n) is 2.01. The Kier molecular flexibility index (Phi) is 5.41. The number of rotatable bonds is 8. The van der Waals surface area contributed by atoms with Gasteiger partial charge in [-0.25, -0.2) is 9.78 Å². The predicted molar refractivity (Wildman–Crippen MR) is 81.3 cm³/mol. The second kappa shape index (κ2) is 7.28. The largest absolute Gasteiger partial charge is 0.480 e. The second-order valence-electron chi connectivity index (χ2n) is 4.59. The normalized spacial score (nSPS) is 13.8. The van der Waals surface area contributed by atoms with Gasteiger partial charge in [0.05, 0.1) is 6.20 Å². The number of aliphatic carboxylic acids is 1. The summed E-state index contributed by atoms with van der Waals surface area (Å²) >= 11 is 1.29. The first-order valence-corrected chi connectivity index (χ1v) is 7.74. The van der Waals surface area contributed by atoms with Gasteiger partial charge in [0.15, 0.2) is 5.54 Å². The highest BCUT2D eigenvalue weighted by Gasteiger charge is 2.40. The van der Waals surface area contributed by atoms with Crippen molar-refractivity contribution in [3.63, 3.8) is 0 Å². The SMILES string of the molecule is CCCNC(CSc1ncco1)(C(=O)O)c1ccccc1. The van der Waals surface area contributed by atoms with Crippen molar-refractivity contribution in [3.05, 3.63) is 48.4 Å². The Morgan fingerprint density at radius 3 is 2.76 bits per heavy atom. The monoisotopic (exact) mass is 306 g/mol. The number of benzene rings is 1. The standard InChI is InChI=1S/C15H18N2O3S/c1-2-8-17-15(13(18)19,12-6-4-3-5-7-12)11-21-14-16-9-10-20-14/h3-7,9-10,17H,2,8,11H2,1H3,(H,18,19). The maximum atomic E-state index is 12.0. The number of carbonyl (C=O) groups is 1. The van der Waals surface area contributed by atoms with E-state index < -0.39 is 11.5 Å². The summed E-state index contributed by atoms with van der Waals surface area (Å²) in [5.41, 5.74) is -0.429. The minimum absolute atomic E-state index is 0.298. The summed E-state index contributed by atoms with van der Waals surface area (Å²) in [5.74, 6) is -0.603. The van der Waals surface area contributed by atoms with Gasteiger partial charge in [0.2, 0.25) is 0 Å². The van der Waals surface area contributed by atoms with E-state index >= 15 is 0 Å². The van der Waals surface area contributed by atoms with Crippen molar-refractivity contribution in [2.24, 2.45) is 0 Å². The summed E-state index contributed by atoms with van der Waals surface area (Å²) < 4.78 is 5.18. The summed E-state index contributed by atoms with van der Waals surface area (Å²) in [6.45, 7) is 2.62. The van der Waals surface area contributed by atoms with Gasteiger partial charge >= 0.3 is 5.97 Å². The molecule has 1 unspecified atom stereocenters. The molecule has 0 saturated heterocycles. The van der Waals surface area contributed by atoms with Crippen LogP contribution in [0.4, 0.5) is 0 Å². The molecule has 2 aromatic rings. The average molecular weight is 306 g/mol. The number of hydrogen-bond acceptors (Lipinski definition) is 5. The molecule has 1 heterocycles. The van der Waals surface area contributed by atoms with Gasteiger partial charge in [0.25, 0.3) is 5.22 Å². The Bertz CT molecular complexity index is 560. The number of nitrogens with zero attached hydrogens (tertiary/aromatic N) is 1. The molecule has 0 spiro atoms. The average Bonchev–Trinajstić information content (AvgIpc) is 3.02. The van der Waals surface area contributed by atoms with Crippen LogP contribution in [-0.4, -0.2) is 28.4 Å². The molecular weight excluding hydrogens is 288 g/mol. The van der Waals surface area contributed by atoms with Crippen molar-refractivity contribution in [1.29, 1.82) is 0 Å². The zero-order valence-electron chi connectivity index (χ0n) is 11.8. The van der Waals surface area contributed by atoms with Gasteiger partial charge in [0, 0.05) is 5.75 Å². The molecule has 0 bridgehead atoms. The van der Waals surface area contributed by atoms with E-state index in [0.29, 0.717) is 17.5 Å². The van der Waals surface area contributed by atoms with Crippen LogP contribution in [-0.2, 0) is 10.3 Å². The molecule has 0 aliphatic heterocycles. The van der Waals surface area contributed by atoms with Crippen LogP contribution in [0.5, 0.6) is 0 Å². The molecule has 21 heavy (non-hydrogen) atoms. The molecule has 2 N–H and O–H groups in total. The molecule has 0 aliphatic rings. The van der Waals surface area contributed by atoms with Crippen LogP contribution >= 0.6 is 11.8 Å². The van der Waals surface area contributed by atoms with Crippen LogP contribution in [0.15, 0.2) is 52.4 Å². The van der Waals surface area contributed by atoms with Crippen molar-refractivity contribution >= 4 is 17.7 Å². The third kappa shape index (κ3) is 3.65. The number of thioether (sulfide) groups is 1. The third-order valence-corrected chi connectivity index (χ3v) is 4.16. The van der Waals surface area contributed by atoms with Crippen molar-refractivity contribution in [2.75, 3.05) is 12.3 Å². The lowest BCUT2D eigenvalue weighted by molar-refractivity contribution is -0.144. The van der Waals surface area contributed by atoms with E-state index in [4.69, 9.17) is 4.42 Å². The Morgan fingerprint density at radius 2 is 2.19 bits per heavy atom. The van der Waals surface area contributed by atoms with E-state index in [2.05, 4.69) is 10.3 Å². The first-order chi connectivity index (χ1) is 10.2. The molecule has 0 fully saturated rings. The summed E-state index contributed by atoms with van der Waals surface area (Å²) in [4.78, 5) is 16.0. The fraction of sp³-hybridized carbons (Fsp3) is 0.333. The minimum Gasteiger partial charge on any atom is -0.480 e. The fourth-order valence-corrected chi connectivity index (χ4v) is 3.00. The number of oxazole rings is 1. The Hall–Kier alpha value is -1.79. The van der Waals surface area contributed by atoms with Crippen LogP contribution in [0.25, 0.3) is 0 Å². The van der Waals surface area contributed by atoms with Crippen molar-refractivity contribution in [1.82, 2.24) is 10.3 Å². The number of carboxylic acid groups (broad SMARTS) is 1. The minimum atomic E-state index is -1.16. The summed E-state index contributed by atoms with van der Waals surface area (Å²) in [6, 6.07) is 9.21. The molecule has 0 radical (unpaired) electrons. The molecule has 0 amide bonds.